The van der Waals surface area contributed by atoms with Gasteiger partial charge in [-0.15, -0.1) is 5.10 Å². The largest absolute Gasteiger partial charge is 0.298 e. The van der Waals surface area contributed by atoms with Crippen molar-refractivity contribution < 1.29 is 0 Å². The van der Waals surface area contributed by atoms with Crippen molar-refractivity contribution in [3.8, 4) is 5.69 Å². The Morgan fingerprint density at radius 1 is 1.16 bits per heavy atom. The highest BCUT2D eigenvalue weighted by molar-refractivity contribution is 5.72. The van der Waals surface area contributed by atoms with Crippen molar-refractivity contribution in [1.29, 1.82) is 0 Å². The molecule has 0 N–H and O–H groups in total. The van der Waals surface area contributed by atoms with E-state index in [-0.39, 0.29) is 0 Å². The molecular formula is C20H22N5. The van der Waals surface area contributed by atoms with Gasteiger partial charge in [-0.1, -0.05) is 43.3 Å². The molecule has 0 unspecified atom stereocenters. The minimum atomic E-state index is 0.808. The zero-order valence-corrected chi connectivity index (χ0v) is 14.6. The first kappa shape index (κ1) is 17.0. The van der Waals surface area contributed by atoms with E-state index in [9.17, 15) is 0 Å². The predicted molar refractivity (Wildman–Crippen MR) is 100.0 cm³/mol. The highest BCUT2D eigenvalue weighted by atomic mass is 15.4. The molecule has 127 valence electrons. The number of pyridine rings is 1. The monoisotopic (exact) mass is 332 g/mol. The molecule has 0 saturated carbocycles. The molecule has 0 saturated heterocycles. The first-order chi connectivity index (χ1) is 12.3. The Labute approximate surface area is 148 Å². The van der Waals surface area contributed by atoms with Gasteiger partial charge in [0.25, 0.3) is 0 Å². The molecule has 5 nitrogen and oxygen atoms in total. The molecule has 1 radical (unpaired) electrons. The topological polar surface area (TPSA) is 46.8 Å². The van der Waals surface area contributed by atoms with Crippen LogP contribution in [0.2, 0.25) is 0 Å². The van der Waals surface area contributed by atoms with Gasteiger partial charge in [0.1, 0.15) is 0 Å². The Morgan fingerprint density at radius 2 is 2.04 bits per heavy atom. The highest BCUT2D eigenvalue weighted by Crippen LogP contribution is 2.16. The molecule has 0 amide bonds. The molecule has 2 aromatic heterocycles. The summed E-state index contributed by atoms with van der Waals surface area (Å²) in [5.74, 6) is 0. The molecule has 2 heterocycles. The van der Waals surface area contributed by atoms with Crippen LogP contribution in [-0.2, 0) is 6.54 Å². The van der Waals surface area contributed by atoms with Crippen molar-refractivity contribution in [1.82, 2.24) is 24.9 Å². The minimum absolute atomic E-state index is 0.808. The number of aromatic nitrogens is 4. The Balaban J connectivity index is 1.84. The average molecular weight is 332 g/mol. The fourth-order valence-electron chi connectivity index (χ4n) is 2.59. The summed E-state index contributed by atoms with van der Waals surface area (Å²) >= 11 is 0. The van der Waals surface area contributed by atoms with Crippen LogP contribution in [-0.4, -0.2) is 38.0 Å². The van der Waals surface area contributed by atoms with Crippen LogP contribution in [0.3, 0.4) is 0 Å². The normalized spacial score (nSPS) is 11.5. The van der Waals surface area contributed by atoms with E-state index in [1.807, 2.05) is 59.4 Å². The van der Waals surface area contributed by atoms with Crippen LogP contribution in [0, 0.1) is 6.07 Å². The van der Waals surface area contributed by atoms with Crippen molar-refractivity contribution in [2.75, 3.05) is 13.1 Å². The maximum absolute atomic E-state index is 4.32. The van der Waals surface area contributed by atoms with Gasteiger partial charge in [-0.25, -0.2) is 4.68 Å². The summed E-state index contributed by atoms with van der Waals surface area (Å²) in [6.07, 6.45) is 7.81. The van der Waals surface area contributed by atoms with Gasteiger partial charge in [0.15, 0.2) is 0 Å². The summed E-state index contributed by atoms with van der Waals surface area (Å²) in [5.41, 5.74) is 3.88. The predicted octanol–water partition coefficient (Wildman–Crippen LogP) is 3.47. The van der Waals surface area contributed by atoms with E-state index < -0.39 is 0 Å². The number of rotatable bonds is 7. The third kappa shape index (κ3) is 4.39. The van der Waals surface area contributed by atoms with E-state index in [2.05, 4.69) is 40.1 Å². The summed E-state index contributed by atoms with van der Waals surface area (Å²) < 4.78 is 1.81. The third-order valence-electron chi connectivity index (χ3n) is 4.06. The fraction of sp³-hybridized carbons (Fsp3) is 0.250. The number of benzene rings is 1. The Hall–Kier alpha value is -2.79. The Bertz CT molecular complexity index is 819. The van der Waals surface area contributed by atoms with E-state index >= 15 is 0 Å². The zero-order chi connectivity index (χ0) is 17.5. The van der Waals surface area contributed by atoms with Crippen LogP contribution in [0.15, 0.2) is 48.8 Å². The summed E-state index contributed by atoms with van der Waals surface area (Å²) in [7, 11) is 0. The minimum Gasteiger partial charge on any atom is -0.298 e. The molecular weight excluding hydrogens is 310 g/mol. The van der Waals surface area contributed by atoms with Crippen LogP contribution >= 0.6 is 0 Å². The number of nitrogens with zero attached hydrogens (tertiary/aromatic N) is 5. The molecule has 0 fully saturated rings. The lowest BCUT2D eigenvalue weighted by Gasteiger charge is -2.15. The average Bonchev–Trinajstić information content (AvgIpc) is 3.14. The van der Waals surface area contributed by atoms with Crippen molar-refractivity contribution in [3.63, 3.8) is 0 Å². The van der Waals surface area contributed by atoms with E-state index in [1.54, 1.807) is 6.20 Å². The van der Waals surface area contributed by atoms with Crippen molar-refractivity contribution in [2.24, 2.45) is 0 Å². The van der Waals surface area contributed by atoms with Crippen LogP contribution in [0.1, 0.15) is 30.8 Å². The van der Waals surface area contributed by atoms with Gasteiger partial charge < -0.3 is 0 Å². The summed E-state index contributed by atoms with van der Waals surface area (Å²) in [5, 5.41) is 8.60. The molecule has 5 heteroatoms. The van der Waals surface area contributed by atoms with Crippen LogP contribution in [0.25, 0.3) is 17.8 Å². The molecule has 0 bridgehead atoms. The van der Waals surface area contributed by atoms with E-state index in [0.717, 1.165) is 42.3 Å². The lowest BCUT2D eigenvalue weighted by atomic mass is 10.1. The highest BCUT2D eigenvalue weighted by Gasteiger charge is 2.08. The maximum Gasteiger partial charge on any atom is 0.0971 e. The molecule has 1 aromatic carbocycles. The van der Waals surface area contributed by atoms with Crippen molar-refractivity contribution >= 4 is 12.2 Å². The smallest absolute Gasteiger partial charge is 0.0971 e. The molecule has 0 atom stereocenters. The third-order valence-corrected chi connectivity index (χ3v) is 4.06. The second-order valence-corrected chi connectivity index (χ2v) is 5.69. The molecule has 0 spiro atoms. The number of hydrogen-bond acceptors (Lipinski definition) is 4. The molecule has 3 rings (SSSR count). The van der Waals surface area contributed by atoms with Gasteiger partial charge in [-0.05, 0) is 43.4 Å². The summed E-state index contributed by atoms with van der Waals surface area (Å²) in [4.78, 5) is 6.63. The fourth-order valence-corrected chi connectivity index (χ4v) is 2.59. The van der Waals surface area contributed by atoms with Crippen molar-refractivity contribution in [3.05, 3.63) is 71.8 Å². The van der Waals surface area contributed by atoms with Gasteiger partial charge in [-0.3, -0.25) is 9.88 Å². The Morgan fingerprint density at radius 3 is 2.80 bits per heavy atom. The molecule has 0 aliphatic carbocycles. The van der Waals surface area contributed by atoms with Gasteiger partial charge in [0.2, 0.25) is 0 Å². The lowest BCUT2D eigenvalue weighted by molar-refractivity contribution is 0.292. The zero-order valence-electron chi connectivity index (χ0n) is 14.6. The molecule has 0 aliphatic heterocycles. The van der Waals surface area contributed by atoms with E-state index in [0.29, 0.717) is 0 Å². The van der Waals surface area contributed by atoms with Gasteiger partial charge in [0, 0.05) is 18.3 Å². The quantitative estimate of drug-likeness (QED) is 0.664. The second-order valence-electron chi connectivity index (χ2n) is 5.69. The second kappa shape index (κ2) is 8.35. The Kier molecular flexibility index (Phi) is 5.69. The van der Waals surface area contributed by atoms with Gasteiger partial charge in [-0.2, -0.15) is 0 Å². The van der Waals surface area contributed by atoms with Gasteiger partial charge in [0.05, 0.1) is 23.3 Å². The molecule has 3 aromatic rings. The first-order valence-electron chi connectivity index (χ1n) is 8.53. The van der Waals surface area contributed by atoms with Crippen LogP contribution in [0.5, 0.6) is 0 Å². The van der Waals surface area contributed by atoms with E-state index in [1.165, 1.54) is 0 Å². The lowest BCUT2D eigenvalue weighted by Crippen LogP contribution is -2.22. The SMILES string of the molecule is CCN(CC)Cc1cn(-c2c[c]ccc2/C=C/c2ccccn2)nn1. The molecule has 25 heavy (non-hydrogen) atoms. The van der Waals surface area contributed by atoms with Crippen LogP contribution in [0.4, 0.5) is 0 Å². The van der Waals surface area contributed by atoms with Crippen LogP contribution < -0.4 is 0 Å². The maximum atomic E-state index is 4.32. The number of hydrogen-bond donors (Lipinski definition) is 0. The van der Waals surface area contributed by atoms with Gasteiger partial charge >= 0.3 is 0 Å². The van der Waals surface area contributed by atoms with Crippen molar-refractivity contribution in [2.45, 2.75) is 20.4 Å². The van der Waals surface area contributed by atoms with E-state index in [4.69, 9.17) is 0 Å². The first-order valence-corrected chi connectivity index (χ1v) is 8.53. The standard InChI is InChI=1S/C20H22N5/c1-3-24(4-2)15-19-16-25(23-22-19)20-11-6-5-9-17(20)12-13-18-10-7-8-14-21-18/h5,7-14,16H,3-4,15H2,1-2H3/b13-12+. The molecule has 0 aliphatic rings. The summed E-state index contributed by atoms with van der Waals surface area (Å²) in [6.45, 7) is 7.12. The summed E-state index contributed by atoms with van der Waals surface area (Å²) in [6, 6.07) is 14.8.